The summed E-state index contributed by atoms with van der Waals surface area (Å²) in [6.07, 6.45) is 2.08. The summed E-state index contributed by atoms with van der Waals surface area (Å²) in [7, 11) is 0. The molecule has 0 aliphatic rings. The zero-order valence-corrected chi connectivity index (χ0v) is 8.80. The Labute approximate surface area is 91.5 Å². The van der Waals surface area contributed by atoms with E-state index in [2.05, 4.69) is 15.1 Å². The van der Waals surface area contributed by atoms with Crippen LogP contribution in [-0.2, 0) is 6.42 Å². The smallest absolute Gasteiger partial charge is 0.258 e. The molecule has 2 aromatic rings. The molecule has 2 heterocycles. The number of H-pyrrole nitrogens is 1. The van der Waals surface area contributed by atoms with Gasteiger partial charge in [-0.2, -0.15) is 4.98 Å². The third kappa shape index (κ3) is 2.34. The molecule has 2 aromatic heterocycles. The fourth-order valence-corrected chi connectivity index (χ4v) is 1.32. The third-order valence-electron chi connectivity index (χ3n) is 1.99. The van der Waals surface area contributed by atoms with Crippen molar-refractivity contribution in [2.75, 3.05) is 0 Å². The molecule has 0 saturated carbocycles. The van der Waals surface area contributed by atoms with E-state index in [-0.39, 0.29) is 11.6 Å². The lowest BCUT2D eigenvalue weighted by molar-refractivity contribution is 0.420. The molecule has 0 aliphatic heterocycles. The standard InChI is InChI=1S/C10H12N4O2/c1-6(11)4-8-13-10(16-14-8)7-2-3-12-9(15)5-7/h2-3,5-6H,4,11H2,1H3,(H,12,15). The second kappa shape index (κ2) is 4.28. The Bertz CT molecular complexity index is 529. The van der Waals surface area contributed by atoms with Crippen LogP contribution in [0.2, 0.25) is 0 Å². The second-order valence-electron chi connectivity index (χ2n) is 3.64. The molecule has 16 heavy (non-hydrogen) atoms. The highest BCUT2D eigenvalue weighted by Gasteiger charge is 2.10. The van der Waals surface area contributed by atoms with E-state index < -0.39 is 0 Å². The molecule has 2 rings (SSSR count). The lowest BCUT2D eigenvalue weighted by Gasteiger charge is -1.96. The van der Waals surface area contributed by atoms with Crippen LogP contribution in [0, 0.1) is 0 Å². The first-order valence-electron chi connectivity index (χ1n) is 4.92. The number of aromatic nitrogens is 3. The van der Waals surface area contributed by atoms with Crippen LogP contribution in [0.1, 0.15) is 12.7 Å². The molecule has 0 fully saturated rings. The number of nitrogens with one attached hydrogen (secondary N) is 1. The van der Waals surface area contributed by atoms with Crippen LogP contribution in [0.3, 0.4) is 0 Å². The Morgan fingerprint density at radius 3 is 3.12 bits per heavy atom. The van der Waals surface area contributed by atoms with Crippen LogP contribution >= 0.6 is 0 Å². The van der Waals surface area contributed by atoms with E-state index in [1.54, 1.807) is 6.07 Å². The van der Waals surface area contributed by atoms with Gasteiger partial charge in [-0.15, -0.1) is 0 Å². The van der Waals surface area contributed by atoms with E-state index >= 15 is 0 Å². The zero-order valence-electron chi connectivity index (χ0n) is 8.80. The average Bonchev–Trinajstić information content (AvgIpc) is 2.65. The SMILES string of the molecule is CC(N)Cc1noc(-c2cc[nH]c(=O)c2)n1. The van der Waals surface area contributed by atoms with Crippen molar-refractivity contribution < 1.29 is 4.52 Å². The summed E-state index contributed by atoms with van der Waals surface area (Å²) in [6, 6.07) is 3.08. The van der Waals surface area contributed by atoms with Crippen molar-refractivity contribution in [3.8, 4) is 11.5 Å². The van der Waals surface area contributed by atoms with Crippen LogP contribution in [0.5, 0.6) is 0 Å². The summed E-state index contributed by atoms with van der Waals surface area (Å²) in [5.74, 6) is 0.882. The number of rotatable bonds is 3. The van der Waals surface area contributed by atoms with Crippen molar-refractivity contribution in [3.05, 3.63) is 34.5 Å². The van der Waals surface area contributed by atoms with Gasteiger partial charge >= 0.3 is 0 Å². The van der Waals surface area contributed by atoms with Gasteiger partial charge in [-0.1, -0.05) is 5.16 Å². The largest absolute Gasteiger partial charge is 0.334 e. The fourth-order valence-electron chi connectivity index (χ4n) is 1.32. The van der Waals surface area contributed by atoms with E-state index in [0.717, 1.165) is 0 Å². The summed E-state index contributed by atoms with van der Waals surface area (Å²) in [4.78, 5) is 17.7. The minimum atomic E-state index is -0.204. The van der Waals surface area contributed by atoms with Crippen molar-refractivity contribution in [2.45, 2.75) is 19.4 Å². The predicted octanol–water partition coefficient (Wildman–Crippen LogP) is 0.315. The number of nitrogens with two attached hydrogens (primary N) is 1. The summed E-state index contributed by atoms with van der Waals surface area (Å²) >= 11 is 0. The minimum Gasteiger partial charge on any atom is -0.334 e. The molecular formula is C10H12N4O2. The topological polar surface area (TPSA) is 97.8 Å². The highest BCUT2D eigenvalue weighted by molar-refractivity contribution is 5.50. The van der Waals surface area contributed by atoms with Gasteiger partial charge in [0.15, 0.2) is 5.82 Å². The van der Waals surface area contributed by atoms with Crippen LogP contribution in [0.25, 0.3) is 11.5 Å². The molecule has 0 aliphatic carbocycles. The first-order chi connectivity index (χ1) is 7.65. The van der Waals surface area contributed by atoms with Crippen molar-refractivity contribution >= 4 is 0 Å². The van der Waals surface area contributed by atoms with Gasteiger partial charge in [0, 0.05) is 30.3 Å². The van der Waals surface area contributed by atoms with E-state index in [1.165, 1.54) is 12.3 Å². The lowest BCUT2D eigenvalue weighted by Crippen LogP contribution is -2.18. The Hall–Kier alpha value is -1.95. The quantitative estimate of drug-likeness (QED) is 0.776. The van der Waals surface area contributed by atoms with E-state index in [4.69, 9.17) is 10.3 Å². The highest BCUT2D eigenvalue weighted by Crippen LogP contribution is 2.14. The van der Waals surface area contributed by atoms with Crippen LogP contribution < -0.4 is 11.3 Å². The lowest BCUT2D eigenvalue weighted by atomic mass is 10.2. The van der Waals surface area contributed by atoms with Crippen molar-refractivity contribution in [3.63, 3.8) is 0 Å². The van der Waals surface area contributed by atoms with E-state index in [0.29, 0.717) is 23.7 Å². The predicted molar refractivity (Wildman–Crippen MR) is 57.7 cm³/mol. The number of aromatic amines is 1. The maximum atomic E-state index is 11.1. The molecular weight excluding hydrogens is 208 g/mol. The summed E-state index contributed by atoms with van der Waals surface area (Å²) in [5, 5.41) is 3.78. The van der Waals surface area contributed by atoms with Crippen LogP contribution in [0.4, 0.5) is 0 Å². The fraction of sp³-hybridized carbons (Fsp3) is 0.300. The van der Waals surface area contributed by atoms with Crippen LogP contribution in [-0.4, -0.2) is 21.2 Å². The summed E-state index contributed by atoms with van der Waals surface area (Å²) < 4.78 is 5.04. The van der Waals surface area contributed by atoms with Crippen molar-refractivity contribution in [1.82, 2.24) is 15.1 Å². The Kier molecular flexibility index (Phi) is 2.82. The van der Waals surface area contributed by atoms with Gasteiger partial charge in [-0.3, -0.25) is 4.79 Å². The number of hydrogen-bond donors (Lipinski definition) is 2. The summed E-state index contributed by atoms with van der Waals surface area (Å²) in [6.45, 7) is 1.86. The molecule has 1 unspecified atom stereocenters. The monoisotopic (exact) mass is 220 g/mol. The van der Waals surface area contributed by atoms with Gasteiger partial charge in [0.25, 0.3) is 5.89 Å². The number of hydrogen-bond acceptors (Lipinski definition) is 5. The Balaban J connectivity index is 2.28. The molecule has 6 nitrogen and oxygen atoms in total. The molecule has 1 atom stereocenters. The minimum absolute atomic E-state index is 0.0235. The molecule has 0 saturated heterocycles. The van der Waals surface area contributed by atoms with Gasteiger partial charge in [-0.25, -0.2) is 0 Å². The van der Waals surface area contributed by atoms with Gasteiger partial charge < -0.3 is 15.2 Å². The maximum absolute atomic E-state index is 11.1. The molecule has 0 aromatic carbocycles. The summed E-state index contributed by atoms with van der Waals surface area (Å²) in [5.41, 5.74) is 6.02. The number of nitrogens with zero attached hydrogens (tertiary/aromatic N) is 2. The Morgan fingerprint density at radius 1 is 1.62 bits per heavy atom. The van der Waals surface area contributed by atoms with Gasteiger partial charge in [0.2, 0.25) is 5.56 Å². The van der Waals surface area contributed by atoms with Gasteiger partial charge in [0.1, 0.15) is 0 Å². The molecule has 6 heteroatoms. The normalized spacial score (nSPS) is 12.6. The molecule has 84 valence electrons. The number of pyridine rings is 1. The van der Waals surface area contributed by atoms with Gasteiger partial charge in [-0.05, 0) is 13.0 Å². The second-order valence-corrected chi connectivity index (χ2v) is 3.64. The van der Waals surface area contributed by atoms with E-state index in [1.807, 2.05) is 6.92 Å². The molecule has 3 N–H and O–H groups in total. The first-order valence-corrected chi connectivity index (χ1v) is 4.92. The first kappa shape index (κ1) is 10.6. The highest BCUT2D eigenvalue weighted by atomic mass is 16.5. The van der Waals surface area contributed by atoms with E-state index in [9.17, 15) is 4.79 Å². The molecule has 0 spiro atoms. The van der Waals surface area contributed by atoms with Crippen molar-refractivity contribution in [2.24, 2.45) is 5.73 Å². The van der Waals surface area contributed by atoms with Crippen molar-refractivity contribution in [1.29, 1.82) is 0 Å². The molecule has 0 bridgehead atoms. The van der Waals surface area contributed by atoms with Gasteiger partial charge in [0.05, 0.1) is 0 Å². The van der Waals surface area contributed by atoms with Crippen LogP contribution in [0.15, 0.2) is 27.6 Å². The zero-order chi connectivity index (χ0) is 11.5. The molecule has 0 radical (unpaired) electrons. The average molecular weight is 220 g/mol. The molecule has 0 amide bonds. The third-order valence-corrected chi connectivity index (χ3v) is 1.99. The maximum Gasteiger partial charge on any atom is 0.258 e. The Morgan fingerprint density at radius 2 is 2.44 bits per heavy atom.